The van der Waals surface area contributed by atoms with E-state index in [0.717, 1.165) is 122 Å². The van der Waals surface area contributed by atoms with Crippen LogP contribution in [0.15, 0.2) is 71.5 Å². The second-order valence-electron chi connectivity index (χ2n) is 14.4. The Labute approximate surface area is 368 Å². The second-order valence-corrected chi connectivity index (χ2v) is 14.7. The van der Waals surface area contributed by atoms with Crippen molar-refractivity contribution < 1.29 is 33.2 Å². The van der Waals surface area contributed by atoms with Crippen molar-refractivity contribution in [2.45, 2.75) is 20.8 Å². The van der Waals surface area contributed by atoms with Crippen LogP contribution in [0.25, 0.3) is 21.5 Å². The molecule has 3 aromatic carbocycles. The molecule has 5 heterocycles. The molecule has 0 aliphatic carbocycles. The van der Waals surface area contributed by atoms with E-state index in [2.05, 4.69) is 32.0 Å². The van der Waals surface area contributed by atoms with E-state index in [4.69, 9.17) is 45.3 Å². The van der Waals surface area contributed by atoms with Crippen LogP contribution in [-0.2, 0) is 14.2 Å². The van der Waals surface area contributed by atoms with Crippen LogP contribution >= 0.6 is 11.6 Å². The third kappa shape index (κ3) is 12.9. The van der Waals surface area contributed by atoms with Crippen molar-refractivity contribution in [1.29, 1.82) is 5.26 Å². The number of nitrogens with one attached hydrogen (secondary N) is 1. The Kier molecular flexibility index (Phi) is 18.3. The summed E-state index contributed by atoms with van der Waals surface area (Å²) in [6.07, 6.45) is 2.06. The number of carbonyl (C=O) groups excluding carboxylic acids is 1. The van der Waals surface area contributed by atoms with Crippen molar-refractivity contribution in [2.75, 3.05) is 123 Å². The van der Waals surface area contributed by atoms with Crippen LogP contribution in [0.5, 0.6) is 17.2 Å². The number of nitriles is 1. The molecule has 16 heteroatoms. The molecule has 1 N–H and O–H groups in total. The molecule has 2 aromatic heterocycles. The fourth-order valence-corrected chi connectivity index (χ4v) is 7.20. The van der Waals surface area contributed by atoms with E-state index < -0.39 is 0 Å². The van der Waals surface area contributed by atoms with Gasteiger partial charge in [0.05, 0.1) is 74.1 Å². The number of nitrogens with zero attached hydrogens (tertiary/aromatic N) is 6. The van der Waals surface area contributed by atoms with E-state index in [9.17, 15) is 9.59 Å². The van der Waals surface area contributed by atoms with Crippen molar-refractivity contribution in [1.82, 2.24) is 19.8 Å². The first-order valence-electron chi connectivity index (χ1n) is 20.8. The number of carbonyl (C=O) groups is 1. The highest BCUT2D eigenvalue weighted by molar-refractivity contribution is 6.34. The van der Waals surface area contributed by atoms with Gasteiger partial charge in [0.2, 0.25) is 0 Å². The Bertz CT molecular complexity index is 2320. The minimum Gasteiger partial charge on any atom is -0.497 e. The number of methoxy groups -OCH3 is 3. The van der Waals surface area contributed by atoms with Gasteiger partial charge in [0.25, 0.3) is 11.5 Å². The average Bonchev–Trinajstić information content (AvgIpc) is 3.32. The highest BCUT2D eigenvalue weighted by Crippen LogP contribution is 2.30. The third-order valence-electron chi connectivity index (χ3n) is 10.6. The zero-order chi connectivity index (χ0) is 44.4. The van der Waals surface area contributed by atoms with Gasteiger partial charge in [-0.05, 0) is 104 Å². The number of morpholine rings is 3. The maximum atomic E-state index is 12.1. The predicted molar refractivity (Wildman–Crippen MR) is 243 cm³/mol. The highest BCUT2D eigenvalue weighted by atomic mass is 35.5. The van der Waals surface area contributed by atoms with Crippen molar-refractivity contribution >= 4 is 50.7 Å². The molecule has 1 amide bonds. The van der Waals surface area contributed by atoms with Crippen molar-refractivity contribution in [3.05, 3.63) is 93.4 Å². The number of hydrogen-bond acceptors (Lipinski definition) is 13. The quantitative estimate of drug-likeness (QED) is 0.135. The summed E-state index contributed by atoms with van der Waals surface area (Å²) < 4.78 is 31.3. The molecule has 0 spiro atoms. The van der Waals surface area contributed by atoms with Gasteiger partial charge in [0, 0.05) is 55.6 Å². The van der Waals surface area contributed by atoms with Crippen LogP contribution in [-0.4, -0.2) is 139 Å². The number of aromatic amines is 1. The van der Waals surface area contributed by atoms with Gasteiger partial charge in [-0.25, -0.2) is 4.98 Å². The monoisotopic (exact) mass is 871 g/mol. The van der Waals surface area contributed by atoms with Gasteiger partial charge in [-0.3, -0.25) is 9.59 Å². The number of pyridine rings is 2. The first-order valence-corrected chi connectivity index (χ1v) is 21.2. The van der Waals surface area contributed by atoms with Crippen LogP contribution in [0, 0.1) is 18.4 Å². The molecule has 0 radical (unpaired) electrons. The van der Waals surface area contributed by atoms with Gasteiger partial charge < -0.3 is 53.0 Å². The number of halogens is 1. The SMILES string of the molecule is CCN(CC)C(=O)c1ccc(OC)cc1C.COc1ccc2c(=O)[nH]c(N3CCOCC3)cc2c1.COc1ccc2c(Cl)nc(N3CCOCC3)cc2c1.N#CN1CCOCC1. The van der Waals surface area contributed by atoms with E-state index in [0.29, 0.717) is 37.0 Å². The summed E-state index contributed by atoms with van der Waals surface area (Å²) in [7, 11) is 4.91. The fraction of sp³-hybridized carbons (Fsp3) is 0.435. The fourth-order valence-electron chi connectivity index (χ4n) is 6.94. The Morgan fingerprint density at radius 2 is 1.24 bits per heavy atom. The van der Waals surface area contributed by atoms with Gasteiger partial charge in [0.15, 0.2) is 6.19 Å². The number of anilines is 2. The van der Waals surface area contributed by atoms with Crippen LogP contribution in [0.3, 0.4) is 0 Å². The molecule has 3 fully saturated rings. The summed E-state index contributed by atoms with van der Waals surface area (Å²) in [5.41, 5.74) is 1.64. The molecule has 3 aliphatic rings. The molecule has 0 bridgehead atoms. The molecule has 5 aromatic rings. The molecule has 3 saturated heterocycles. The summed E-state index contributed by atoms with van der Waals surface area (Å²) in [5.74, 6) is 4.19. The molecular weight excluding hydrogens is 814 g/mol. The molecule has 62 heavy (non-hydrogen) atoms. The van der Waals surface area contributed by atoms with Gasteiger partial charge in [0.1, 0.15) is 34.0 Å². The molecule has 0 saturated carbocycles. The van der Waals surface area contributed by atoms with Crippen LogP contribution in [0.2, 0.25) is 5.15 Å². The normalized spacial score (nSPS) is 14.8. The van der Waals surface area contributed by atoms with Crippen molar-refractivity contribution in [2.24, 2.45) is 0 Å². The highest BCUT2D eigenvalue weighted by Gasteiger charge is 2.17. The van der Waals surface area contributed by atoms with Crippen LogP contribution in [0.4, 0.5) is 11.6 Å². The zero-order valence-corrected chi connectivity index (χ0v) is 37.3. The number of aromatic nitrogens is 2. The molecule has 332 valence electrons. The lowest BCUT2D eigenvalue weighted by atomic mass is 10.1. The number of ether oxygens (including phenoxy) is 6. The van der Waals surface area contributed by atoms with Crippen LogP contribution < -0.4 is 29.6 Å². The van der Waals surface area contributed by atoms with Crippen molar-refractivity contribution in [3.8, 4) is 23.4 Å². The van der Waals surface area contributed by atoms with E-state index in [-0.39, 0.29) is 11.5 Å². The smallest absolute Gasteiger partial charge is 0.257 e. The number of H-pyrrole nitrogens is 1. The summed E-state index contributed by atoms with van der Waals surface area (Å²) in [4.78, 5) is 39.4. The lowest BCUT2D eigenvalue weighted by Crippen LogP contribution is -2.37. The van der Waals surface area contributed by atoms with Gasteiger partial charge in [-0.2, -0.15) is 5.26 Å². The van der Waals surface area contributed by atoms with E-state index in [1.807, 2.05) is 74.2 Å². The number of aryl methyl sites for hydroxylation is 1. The molecular formula is C46H58ClN7O8. The Morgan fingerprint density at radius 3 is 1.76 bits per heavy atom. The lowest BCUT2D eigenvalue weighted by Gasteiger charge is -2.28. The first kappa shape index (κ1) is 47.3. The lowest BCUT2D eigenvalue weighted by molar-refractivity contribution is 0.0628. The molecule has 15 nitrogen and oxygen atoms in total. The maximum absolute atomic E-state index is 12.1. The van der Waals surface area contributed by atoms with Gasteiger partial charge in [-0.15, -0.1) is 0 Å². The second kappa shape index (κ2) is 24.0. The molecule has 3 aliphatic heterocycles. The number of hydrogen-bond donors (Lipinski definition) is 1. The Balaban J connectivity index is 0.000000162. The minimum absolute atomic E-state index is 0.0679. The molecule has 0 unspecified atom stereocenters. The molecule has 8 rings (SSSR count). The van der Waals surface area contributed by atoms with Gasteiger partial charge >= 0.3 is 0 Å². The number of benzene rings is 3. The summed E-state index contributed by atoms with van der Waals surface area (Å²) in [6, 6.07) is 20.9. The Hall–Kier alpha value is -5.79. The number of rotatable bonds is 8. The van der Waals surface area contributed by atoms with E-state index in [1.54, 1.807) is 38.4 Å². The third-order valence-corrected chi connectivity index (χ3v) is 10.9. The summed E-state index contributed by atoms with van der Waals surface area (Å²) in [5, 5.41) is 12.4. The van der Waals surface area contributed by atoms with E-state index in [1.165, 1.54) is 0 Å². The molecule has 0 atom stereocenters. The minimum atomic E-state index is -0.0679. The topological polar surface area (TPSA) is 155 Å². The maximum Gasteiger partial charge on any atom is 0.257 e. The first-order chi connectivity index (χ1) is 30.1. The van der Waals surface area contributed by atoms with Crippen molar-refractivity contribution in [3.63, 3.8) is 0 Å². The number of fused-ring (bicyclic) bond motifs is 2. The van der Waals surface area contributed by atoms with Gasteiger partial charge in [-0.1, -0.05) is 11.6 Å². The predicted octanol–water partition coefficient (Wildman–Crippen LogP) is 6.39. The standard InChI is InChI=1S/C14H15ClN2O2.C14H16N2O3.C13H19NO2.C5H8N2O/c1-18-11-2-3-12-10(8-11)9-13(16-14(12)15)17-4-6-19-7-5-17;1-18-11-2-3-12-10(8-11)9-13(15-14(12)17)16-4-6-19-7-5-16;1-5-14(6-2)13(15)12-8-7-11(16-4)9-10(12)3;6-5-7-1-3-8-4-2-7/h2-3,8-9H,4-7H2,1H3;2-3,8-9H,4-7H2,1H3,(H,15,17);7-9H,5-6H2,1-4H3;1-4H2. The Morgan fingerprint density at radius 1 is 0.742 bits per heavy atom. The van der Waals surface area contributed by atoms with Crippen LogP contribution in [0.1, 0.15) is 29.8 Å². The largest absolute Gasteiger partial charge is 0.497 e. The zero-order valence-electron chi connectivity index (χ0n) is 36.6. The summed E-state index contributed by atoms with van der Waals surface area (Å²) >= 11 is 6.27. The number of amides is 1. The average molecular weight is 872 g/mol. The summed E-state index contributed by atoms with van der Waals surface area (Å²) in [6.45, 7) is 16.4. The van der Waals surface area contributed by atoms with E-state index >= 15 is 0 Å².